The maximum Gasteiger partial charge on any atom is 0.292 e. The van der Waals surface area contributed by atoms with Crippen LogP contribution < -0.4 is 15.5 Å². The summed E-state index contributed by atoms with van der Waals surface area (Å²) in [5, 5.41) is 0. The zero-order valence-electron chi connectivity index (χ0n) is 12.3. The number of imide groups is 1. The number of para-hydroxylation sites is 1. The number of carbonyl (C=O) groups excluding carboxylic acids is 3. The molecule has 2 aliphatic rings. The molecule has 3 amide bonds. The number of hydrogen-bond donors (Lipinski definition) is 2. The van der Waals surface area contributed by atoms with Gasteiger partial charge in [-0.1, -0.05) is 18.2 Å². The molecule has 2 saturated heterocycles. The summed E-state index contributed by atoms with van der Waals surface area (Å²) in [5.74, 6) is -0.644. The summed E-state index contributed by atoms with van der Waals surface area (Å²) in [5.41, 5.74) is 5.97. The molecule has 0 radical (unpaired) electrons. The Bertz CT molecular complexity index is 594. The number of nitrogens with zero attached hydrogens (tertiary/aromatic N) is 1. The first kappa shape index (κ1) is 14.7. The lowest BCUT2D eigenvalue weighted by Gasteiger charge is -2.30. The Morgan fingerprint density at radius 3 is 2.36 bits per heavy atom. The number of hydrogen-bond acceptors (Lipinski definition) is 3. The van der Waals surface area contributed by atoms with Gasteiger partial charge in [0, 0.05) is 18.8 Å². The van der Waals surface area contributed by atoms with Crippen LogP contribution in [0.15, 0.2) is 30.3 Å². The van der Waals surface area contributed by atoms with E-state index in [0.29, 0.717) is 31.6 Å². The fraction of sp³-hybridized carbons (Fsp3) is 0.438. The van der Waals surface area contributed by atoms with Gasteiger partial charge in [0.15, 0.2) is 6.04 Å². The monoisotopic (exact) mass is 302 g/mol. The lowest BCUT2D eigenvalue weighted by molar-refractivity contribution is -0.920. The highest BCUT2D eigenvalue weighted by molar-refractivity contribution is 6.21. The van der Waals surface area contributed by atoms with Gasteiger partial charge in [-0.25, -0.2) is 4.90 Å². The molecule has 0 bridgehead atoms. The summed E-state index contributed by atoms with van der Waals surface area (Å²) in [4.78, 5) is 38.5. The van der Waals surface area contributed by atoms with Crippen molar-refractivity contribution in [2.45, 2.75) is 25.3 Å². The van der Waals surface area contributed by atoms with Gasteiger partial charge in [0.2, 0.25) is 11.8 Å². The average Bonchev–Trinajstić information content (AvgIpc) is 2.83. The third kappa shape index (κ3) is 2.62. The zero-order chi connectivity index (χ0) is 15.7. The highest BCUT2D eigenvalue weighted by atomic mass is 16.2. The minimum Gasteiger partial charge on any atom is -0.369 e. The number of quaternary nitrogens is 1. The van der Waals surface area contributed by atoms with Crippen molar-refractivity contribution in [1.82, 2.24) is 0 Å². The van der Waals surface area contributed by atoms with Crippen molar-refractivity contribution < 1.29 is 19.3 Å². The molecular formula is C16H20N3O3+. The number of carbonyl (C=O) groups is 3. The molecular weight excluding hydrogens is 282 g/mol. The number of amides is 3. The van der Waals surface area contributed by atoms with Gasteiger partial charge in [0.1, 0.15) is 0 Å². The predicted octanol–water partition coefficient (Wildman–Crippen LogP) is -0.901. The van der Waals surface area contributed by atoms with E-state index in [2.05, 4.69) is 0 Å². The summed E-state index contributed by atoms with van der Waals surface area (Å²) in [6, 6.07) is 8.69. The van der Waals surface area contributed by atoms with Crippen LogP contribution in [-0.2, 0) is 14.4 Å². The molecule has 6 heteroatoms. The maximum atomic E-state index is 12.6. The number of rotatable bonds is 3. The first-order chi connectivity index (χ1) is 10.6. The first-order valence-corrected chi connectivity index (χ1v) is 7.63. The van der Waals surface area contributed by atoms with Crippen LogP contribution in [0.2, 0.25) is 0 Å². The zero-order valence-corrected chi connectivity index (χ0v) is 12.3. The SMILES string of the molecule is NC(=O)C1CC[NH+]([C@H]2CC(=O)N(c3ccccc3)C2=O)CC1. The molecule has 6 nitrogen and oxygen atoms in total. The molecule has 116 valence electrons. The van der Waals surface area contributed by atoms with E-state index in [0.717, 1.165) is 4.90 Å². The van der Waals surface area contributed by atoms with Gasteiger partial charge in [-0.05, 0) is 12.1 Å². The number of benzene rings is 1. The molecule has 0 aliphatic carbocycles. The van der Waals surface area contributed by atoms with Gasteiger partial charge in [0.05, 0.1) is 25.2 Å². The molecule has 2 fully saturated rings. The molecule has 22 heavy (non-hydrogen) atoms. The molecule has 2 aliphatic heterocycles. The molecule has 1 aromatic rings. The number of likely N-dealkylation sites (tertiary alicyclic amines) is 1. The smallest absolute Gasteiger partial charge is 0.292 e. The third-order valence-electron chi connectivity index (χ3n) is 4.68. The lowest BCUT2D eigenvalue weighted by atomic mass is 9.95. The van der Waals surface area contributed by atoms with Crippen LogP contribution in [0, 0.1) is 5.92 Å². The molecule has 1 aromatic carbocycles. The topological polar surface area (TPSA) is 84.9 Å². The Morgan fingerprint density at radius 2 is 1.77 bits per heavy atom. The molecule has 3 N–H and O–H groups in total. The highest BCUT2D eigenvalue weighted by Crippen LogP contribution is 2.22. The normalized spacial score (nSPS) is 28.9. The molecule has 2 heterocycles. The van der Waals surface area contributed by atoms with Crippen molar-refractivity contribution in [2.75, 3.05) is 18.0 Å². The van der Waals surface area contributed by atoms with E-state index >= 15 is 0 Å². The van der Waals surface area contributed by atoms with Crippen molar-refractivity contribution >= 4 is 23.4 Å². The van der Waals surface area contributed by atoms with Gasteiger partial charge in [-0.15, -0.1) is 0 Å². The van der Waals surface area contributed by atoms with E-state index in [9.17, 15) is 14.4 Å². The van der Waals surface area contributed by atoms with Crippen LogP contribution >= 0.6 is 0 Å². The van der Waals surface area contributed by atoms with Crippen molar-refractivity contribution in [2.24, 2.45) is 11.7 Å². The van der Waals surface area contributed by atoms with E-state index in [-0.39, 0.29) is 36.1 Å². The molecule has 0 spiro atoms. The lowest BCUT2D eigenvalue weighted by Crippen LogP contribution is -3.17. The predicted molar refractivity (Wildman–Crippen MR) is 80.0 cm³/mol. The molecule has 0 aromatic heterocycles. The van der Waals surface area contributed by atoms with E-state index in [4.69, 9.17) is 5.73 Å². The minimum atomic E-state index is -0.332. The summed E-state index contributed by atoms with van der Waals surface area (Å²) in [7, 11) is 0. The van der Waals surface area contributed by atoms with Crippen molar-refractivity contribution in [3.05, 3.63) is 30.3 Å². The summed E-state index contributed by atoms with van der Waals surface area (Å²) >= 11 is 0. The summed E-state index contributed by atoms with van der Waals surface area (Å²) < 4.78 is 0. The van der Waals surface area contributed by atoms with Gasteiger partial charge >= 0.3 is 0 Å². The summed E-state index contributed by atoms with van der Waals surface area (Å²) in [6.07, 6.45) is 1.62. The van der Waals surface area contributed by atoms with Gasteiger partial charge in [-0.2, -0.15) is 0 Å². The molecule has 1 atom stereocenters. The molecule has 0 unspecified atom stereocenters. The molecule has 3 rings (SSSR count). The number of nitrogens with two attached hydrogens (primary N) is 1. The van der Waals surface area contributed by atoms with Crippen LogP contribution in [0.25, 0.3) is 0 Å². The van der Waals surface area contributed by atoms with Crippen molar-refractivity contribution in [1.29, 1.82) is 0 Å². The summed E-state index contributed by atoms with van der Waals surface area (Å²) in [6.45, 7) is 1.42. The number of piperidine rings is 1. The maximum absolute atomic E-state index is 12.6. The Hall–Kier alpha value is -2.21. The number of anilines is 1. The van der Waals surface area contributed by atoms with Gasteiger partial charge in [-0.3, -0.25) is 14.4 Å². The number of nitrogens with one attached hydrogen (secondary N) is 1. The average molecular weight is 302 g/mol. The van der Waals surface area contributed by atoms with E-state index in [1.54, 1.807) is 12.1 Å². The van der Waals surface area contributed by atoms with Crippen LogP contribution in [0.3, 0.4) is 0 Å². The second kappa shape index (κ2) is 5.88. The fourth-order valence-electron chi connectivity index (χ4n) is 3.42. The van der Waals surface area contributed by atoms with Gasteiger partial charge < -0.3 is 10.6 Å². The minimum absolute atomic E-state index is 0.0961. The third-order valence-corrected chi connectivity index (χ3v) is 4.68. The van der Waals surface area contributed by atoms with Crippen LogP contribution in [0.4, 0.5) is 5.69 Å². The largest absolute Gasteiger partial charge is 0.369 e. The Morgan fingerprint density at radius 1 is 1.14 bits per heavy atom. The Labute approximate surface area is 128 Å². The molecule has 0 saturated carbocycles. The first-order valence-electron chi connectivity index (χ1n) is 7.63. The van der Waals surface area contributed by atoms with Crippen LogP contribution in [-0.4, -0.2) is 36.9 Å². The van der Waals surface area contributed by atoms with Crippen LogP contribution in [0.5, 0.6) is 0 Å². The van der Waals surface area contributed by atoms with E-state index in [1.807, 2.05) is 18.2 Å². The Kier molecular flexibility index (Phi) is 3.94. The van der Waals surface area contributed by atoms with Gasteiger partial charge in [0.25, 0.3) is 5.91 Å². The second-order valence-corrected chi connectivity index (χ2v) is 5.99. The highest BCUT2D eigenvalue weighted by Gasteiger charge is 2.46. The van der Waals surface area contributed by atoms with Crippen molar-refractivity contribution in [3.8, 4) is 0 Å². The quantitative estimate of drug-likeness (QED) is 0.710. The van der Waals surface area contributed by atoms with E-state index < -0.39 is 0 Å². The second-order valence-electron chi connectivity index (χ2n) is 5.99. The Balaban J connectivity index is 1.71. The van der Waals surface area contributed by atoms with Crippen LogP contribution in [0.1, 0.15) is 19.3 Å². The van der Waals surface area contributed by atoms with Crippen molar-refractivity contribution in [3.63, 3.8) is 0 Å². The standard InChI is InChI=1S/C16H19N3O3/c17-15(21)11-6-8-18(9-7-11)13-10-14(20)19(16(13)22)12-4-2-1-3-5-12/h1-5,11,13H,6-10H2,(H2,17,21)/p+1/t13-/m0/s1. The number of primary amides is 1. The fourth-order valence-corrected chi connectivity index (χ4v) is 3.42. The van der Waals surface area contributed by atoms with E-state index in [1.165, 1.54) is 4.90 Å².